The van der Waals surface area contributed by atoms with Crippen molar-refractivity contribution in [1.82, 2.24) is 25.0 Å². The molecule has 0 radical (unpaired) electrons. The number of hydrogen-bond donors (Lipinski definition) is 1. The lowest BCUT2D eigenvalue weighted by atomic mass is 10.2. The lowest BCUT2D eigenvalue weighted by Crippen LogP contribution is -2.48. The van der Waals surface area contributed by atoms with E-state index in [1.165, 1.54) is 6.33 Å². The van der Waals surface area contributed by atoms with Gasteiger partial charge in [-0.1, -0.05) is 30.3 Å². The summed E-state index contributed by atoms with van der Waals surface area (Å²) in [5, 5.41) is 6.73. The van der Waals surface area contributed by atoms with Crippen LogP contribution in [0.5, 0.6) is 0 Å². The molecule has 1 saturated heterocycles. The van der Waals surface area contributed by atoms with Gasteiger partial charge in [0.25, 0.3) is 0 Å². The molecule has 0 atom stereocenters. The van der Waals surface area contributed by atoms with E-state index in [9.17, 15) is 4.79 Å². The number of aromatic amines is 1. The maximum atomic E-state index is 12.3. The summed E-state index contributed by atoms with van der Waals surface area (Å²) >= 11 is 0. The molecule has 1 aliphatic heterocycles. The van der Waals surface area contributed by atoms with Crippen LogP contribution in [-0.2, 0) is 22.7 Å². The summed E-state index contributed by atoms with van der Waals surface area (Å²) < 4.78 is 5.64. The Morgan fingerprint density at radius 1 is 1.16 bits per heavy atom. The third-order valence-electron chi connectivity index (χ3n) is 4.35. The number of benzene rings is 1. The Balaban J connectivity index is 1.27. The standard InChI is InChI=1S/C18H25N5O2/c24-18(7-4-12-25-14-16-5-2-1-3-6-16)23-10-8-22(9-11-23)13-17-19-15-20-21-17/h1-3,5-6,15H,4,7-14H2,(H,19,20,21). The fourth-order valence-electron chi connectivity index (χ4n) is 2.92. The maximum absolute atomic E-state index is 12.3. The predicted molar refractivity (Wildman–Crippen MR) is 93.6 cm³/mol. The second-order valence-electron chi connectivity index (χ2n) is 6.23. The van der Waals surface area contributed by atoms with Crippen LogP contribution in [0.3, 0.4) is 0 Å². The summed E-state index contributed by atoms with van der Waals surface area (Å²) in [6.45, 7) is 5.28. The van der Waals surface area contributed by atoms with Crippen molar-refractivity contribution < 1.29 is 9.53 Å². The van der Waals surface area contributed by atoms with Gasteiger partial charge in [0.1, 0.15) is 12.2 Å². The Bertz CT molecular complexity index is 624. The average Bonchev–Trinajstić information content (AvgIpc) is 3.16. The molecule has 25 heavy (non-hydrogen) atoms. The third-order valence-corrected chi connectivity index (χ3v) is 4.35. The number of piperazine rings is 1. The average molecular weight is 343 g/mol. The van der Waals surface area contributed by atoms with Gasteiger partial charge in [-0.3, -0.25) is 14.8 Å². The number of amides is 1. The molecule has 2 aromatic rings. The van der Waals surface area contributed by atoms with E-state index < -0.39 is 0 Å². The summed E-state index contributed by atoms with van der Waals surface area (Å²) in [7, 11) is 0. The third kappa shape index (κ3) is 5.65. The molecule has 0 saturated carbocycles. The monoisotopic (exact) mass is 343 g/mol. The number of H-pyrrole nitrogens is 1. The molecule has 0 unspecified atom stereocenters. The minimum absolute atomic E-state index is 0.225. The van der Waals surface area contributed by atoms with Crippen LogP contribution in [0.2, 0.25) is 0 Å². The van der Waals surface area contributed by atoms with E-state index in [1.54, 1.807) is 0 Å². The topological polar surface area (TPSA) is 74.3 Å². The zero-order valence-corrected chi connectivity index (χ0v) is 14.4. The Morgan fingerprint density at radius 3 is 2.68 bits per heavy atom. The van der Waals surface area contributed by atoms with Crippen LogP contribution < -0.4 is 0 Å². The lowest BCUT2D eigenvalue weighted by Gasteiger charge is -2.34. The molecule has 7 nitrogen and oxygen atoms in total. The number of carbonyl (C=O) groups is 1. The van der Waals surface area contributed by atoms with Gasteiger partial charge in [0.2, 0.25) is 5.91 Å². The summed E-state index contributed by atoms with van der Waals surface area (Å²) in [6.07, 6.45) is 2.84. The predicted octanol–water partition coefficient (Wildman–Crippen LogP) is 1.45. The van der Waals surface area contributed by atoms with Gasteiger partial charge in [-0.15, -0.1) is 0 Å². The summed E-state index contributed by atoms with van der Waals surface area (Å²) in [5.74, 6) is 1.10. The van der Waals surface area contributed by atoms with Crippen molar-refractivity contribution in [3.63, 3.8) is 0 Å². The second-order valence-corrected chi connectivity index (χ2v) is 6.23. The second kappa shape index (κ2) is 9.29. The van der Waals surface area contributed by atoms with Gasteiger partial charge in [0.15, 0.2) is 0 Å². The summed E-state index contributed by atoms with van der Waals surface area (Å²) in [6, 6.07) is 10.1. The van der Waals surface area contributed by atoms with Gasteiger partial charge < -0.3 is 9.64 Å². The van der Waals surface area contributed by atoms with Gasteiger partial charge in [-0.2, -0.15) is 5.10 Å². The molecule has 1 N–H and O–H groups in total. The highest BCUT2D eigenvalue weighted by atomic mass is 16.5. The molecule has 1 aromatic carbocycles. The minimum atomic E-state index is 0.225. The van der Waals surface area contributed by atoms with Crippen molar-refractivity contribution in [3.05, 3.63) is 48.0 Å². The van der Waals surface area contributed by atoms with Crippen LogP contribution in [-0.4, -0.2) is 63.7 Å². The van der Waals surface area contributed by atoms with Crippen LogP contribution in [0.25, 0.3) is 0 Å². The molecule has 0 aliphatic carbocycles. The number of carbonyl (C=O) groups excluding carboxylic acids is 1. The van der Waals surface area contributed by atoms with E-state index in [4.69, 9.17) is 4.74 Å². The summed E-state index contributed by atoms with van der Waals surface area (Å²) in [4.78, 5) is 20.7. The van der Waals surface area contributed by atoms with Gasteiger partial charge >= 0.3 is 0 Å². The van der Waals surface area contributed by atoms with E-state index in [2.05, 4.69) is 20.1 Å². The number of nitrogens with zero attached hydrogens (tertiary/aromatic N) is 4. The Hall–Kier alpha value is -2.25. The highest BCUT2D eigenvalue weighted by molar-refractivity contribution is 5.76. The van der Waals surface area contributed by atoms with E-state index >= 15 is 0 Å². The zero-order valence-electron chi connectivity index (χ0n) is 14.4. The van der Waals surface area contributed by atoms with E-state index in [-0.39, 0.29) is 5.91 Å². The first kappa shape index (κ1) is 17.6. The van der Waals surface area contributed by atoms with Crippen LogP contribution in [0.1, 0.15) is 24.2 Å². The van der Waals surface area contributed by atoms with Crippen molar-refractivity contribution in [2.24, 2.45) is 0 Å². The highest BCUT2D eigenvalue weighted by Gasteiger charge is 2.21. The smallest absolute Gasteiger partial charge is 0.222 e. The fraction of sp³-hybridized carbons (Fsp3) is 0.500. The van der Waals surface area contributed by atoms with E-state index in [0.29, 0.717) is 19.6 Å². The zero-order chi connectivity index (χ0) is 17.3. The SMILES string of the molecule is O=C(CCCOCc1ccccc1)N1CCN(Cc2ncn[nH]2)CC1. The molecule has 134 valence electrons. The fourth-order valence-corrected chi connectivity index (χ4v) is 2.92. The number of rotatable bonds is 8. The van der Waals surface area contributed by atoms with Crippen molar-refractivity contribution in [3.8, 4) is 0 Å². The van der Waals surface area contributed by atoms with Crippen molar-refractivity contribution in [1.29, 1.82) is 0 Å². The molecule has 0 bridgehead atoms. The number of hydrogen-bond acceptors (Lipinski definition) is 5. The molecular formula is C18H25N5O2. The maximum Gasteiger partial charge on any atom is 0.222 e. The molecule has 7 heteroatoms. The van der Waals surface area contributed by atoms with Gasteiger partial charge in [-0.05, 0) is 12.0 Å². The van der Waals surface area contributed by atoms with Crippen molar-refractivity contribution in [2.75, 3.05) is 32.8 Å². The number of aromatic nitrogens is 3. The molecule has 1 aliphatic rings. The van der Waals surface area contributed by atoms with Crippen LogP contribution in [0, 0.1) is 0 Å². The van der Waals surface area contributed by atoms with Gasteiger partial charge in [0, 0.05) is 39.2 Å². The minimum Gasteiger partial charge on any atom is -0.377 e. The molecule has 1 fully saturated rings. The normalized spacial score (nSPS) is 15.4. The Morgan fingerprint density at radius 2 is 1.96 bits per heavy atom. The molecule has 1 amide bonds. The Kier molecular flexibility index (Phi) is 6.53. The molecular weight excluding hydrogens is 318 g/mol. The van der Waals surface area contributed by atoms with Crippen LogP contribution in [0.15, 0.2) is 36.7 Å². The lowest BCUT2D eigenvalue weighted by molar-refractivity contribution is -0.133. The van der Waals surface area contributed by atoms with Gasteiger partial charge in [0.05, 0.1) is 13.2 Å². The van der Waals surface area contributed by atoms with Crippen LogP contribution >= 0.6 is 0 Å². The molecule has 3 rings (SSSR count). The highest BCUT2D eigenvalue weighted by Crippen LogP contribution is 2.08. The van der Waals surface area contributed by atoms with Gasteiger partial charge in [-0.25, -0.2) is 4.98 Å². The largest absolute Gasteiger partial charge is 0.377 e. The first-order valence-electron chi connectivity index (χ1n) is 8.77. The van der Waals surface area contributed by atoms with Crippen molar-refractivity contribution >= 4 is 5.91 Å². The Labute approximate surface area is 148 Å². The molecule has 2 heterocycles. The quantitative estimate of drug-likeness (QED) is 0.734. The molecule has 1 aromatic heterocycles. The first-order valence-corrected chi connectivity index (χ1v) is 8.77. The summed E-state index contributed by atoms with van der Waals surface area (Å²) in [5.41, 5.74) is 1.16. The number of nitrogens with one attached hydrogen (secondary N) is 1. The van der Waals surface area contributed by atoms with E-state index in [1.807, 2.05) is 35.2 Å². The first-order chi connectivity index (χ1) is 12.3. The van der Waals surface area contributed by atoms with E-state index in [0.717, 1.165) is 50.5 Å². The number of ether oxygens (including phenoxy) is 1. The molecule has 0 spiro atoms. The van der Waals surface area contributed by atoms with Crippen molar-refractivity contribution in [2.45, 2.75) is 26.0 Å². The van der Waals surface area contributed by atoms with Crippen LogP contribution in [0.4, 0.5) is 0 Å².